The first-order valence-corrected chi connectivity index (χ1v) is 6.13. The number of imidazole rings is 1. The lowest BCUT2D eigenvalue weighted by molar-refractivity contribution is 0.628. The Morgan fingerprint density at radius 3 is 2.79 bits per heavy atom. The first kappa shape index (κ1) is 12.0. The molecule has 2 heterocycles. The number of rotatable bonds is 1. The molecule has 96 valence electrons. The lowest BCUT2D eigenvalue weighted by Crippen LogP contribution is -1.94. The zero-order valence-electron chi connectivity index (χ0n) is 10.2. The molecular weight excluding hydrogens is 265 g/mol. The highest BCUT2D eigenvalue weighted by Gasteiger charge is 2.12. The summed E-state index contributed by atoms with van der Waals surface area (Å²) in [6.07, 6.45) is 1.91. The van der Waals surface area contributed by atoms with Crippen LogP contribution in [0.15, 0.2) is 36.5 Å². The number of nitrogens with two attached hydrogens (primary N) is 1. The zero-order valence-corrected chi connectivity index (χ0v) is 10.9. The van der Waals surface area contributed by atoms with Gasteiger partial charge in [0.05, 0.1) is 5.02 Å². The first-order valence-electron chi connectivity index (χ1n) is 5.76. The third-order valence-corrected chi connectivity index (χ3v) is 3.29. The molecule has 3 nitrogen and oxygen atoms in total. The summed E-state index contributed by atoms with van der Waals surface area (Å²) in [6, 6.07) is 8.31. The topological polar surface area (TPSA) is 43.3 Å². The molecule has 0 saturated heterocycles. The highest BCUT2D eigenvalue weighted by molar-refractivity contribution is 6.31. The van der Waals surface area contributed by atoms with Gasteiger partial charge < -0.3 is 5.73 Å². The number of benzene rings is 1. The van der Waals surface area contributed by atoms with Crippen LogP contribution in [0.25, 0.3) is 16.9 Å². The fraction of sp³-hybridized carbons (Fsp3) is 0.0714. The molecule has 0 unspecified atom stereocenters. The van der Waals surface area contributed by atoms with Gasteiger partial charge in [-0.1, -0.05) is 17.7 Å². The molecule has 19 heavy (non-hydrogen) atoms. The Hall–Kier alpha value is -2.07. The predicted molar refractivity (Wildman–Crippen MR) is 74.7 cm³/mol. The van der Waals surface area contributed by atoms with Crippen molar-refractivity contribution in [3.8, 4) is 11.3 Å². The van der Waals surface area contributed by atoms with Gasteiger partial charge in [-0.2, -0.15) is 0 Å². The summed E-state index contributed by atoms with van der Waals surface area (Å²) in [7, 11) is 0. The van der Waals surface area contributed by atoms with Crippen molar-refractivity contribution in [1.29, 1.82) is 0 Å². The second-order valence-electron chi connectivity index (χ2n) is 4.41. The molecule has 0 aliphatic heterocycles. The van der Waals surface area contributed by atoms with E-state index in [-0.39, 0.29) is 5.02 Å². The number of anilines is 1. The molecule has 1 aromatic carbocycles. The number of hydrogen-bond acceptors (Lipinski definition) is 2. The van der Waals surface area contributed by atoms with Gasteiger partial charge in [0.15, 0.2) is 0 Å². The maximum atomic E-state index is 13.2. The van der Waals surface area contributed by atoms with Gasteiger partial charge in [0.1, 0.15) is 23.0 Å². The zero-order chi connectivity index (χ0) is 13.6. The van der Waals surface area contributed by atoms with E-state index in [9.17, 15) is 4.39 Å². The van der Waals surface area contributed by atoms with Crippen LogP contribution in [0.3, 0.4) is 0 Å². The summed E-state index contributed by atoms with van der Waals surface area (Å²) in [5.74, 6) is 0.0602. The number of halogens is 2. The number of nitrogen functional groups attached to an aromatic ring is 1. The van der Waals surface area contributed by atoms with E-state index in [1.54, 1.807) is 6.07 Å². The van der Waals surface area contributed by atoms with Crippen molar-refractivity contribution >= 4 is 23.1 Å². The van der Waals surface area contributed by atoms with Gasteiger partial charge in [-0.3, -0.25) is 4.40 Å². The smallest absolute Gasteiger partial charge is 0.141 e. The van der Waals surface area contributed by atoms with E-state index in [2.05, 4.69) is 4.98 Å². The van der Waals surface area contributed by atoms with Crippen LogP contribution in [-0.2, 0) is 0 Å². The molecule has 3 rings (SSSR count). The van der Waals surface area contributed by atoms with Crippen molar-refractivity contribution in [3.63, 3.8) is 0 Å². The van der Waals surface area contributed by atoms with Crippen molar-refractivity contribution < 1.29 is 4.39 Å². The van der Waals surface area contributed by atoms with Crippen molar-refractivity contribution in [1.82, 2.24) is 9.38 Å². The van der Waals surface area contributed by atoms with Gasteiger partial charge in [-0.15, -0.1) is 0 Å². The Bertz CT molecular complexity index is 780. The molecule has 0 aliphatic carbocycles. The number of aromatic nitrogens is 2. The molecule has 5 heteroatoms. The quantitative estimate of drug-likeness (QED) is 0.736. The molecule has 0 bridgehead atoms. The molecule has 0 amide bonds. The van der Waals surface area contributed by atoms with Crippen LogP contribution < -0.4 is 5.73 Å². The van der Waals surface area contributed by atoms with Crippen molar-refractivity contribution in [2.24, 2.45) is 0 Å². The number of aryl methyl sites for hydroxylation is 1. The van der Waals surface area contributed by atoms with E-state index in [4.69, 9.17) is 17.3 Å². The van der Waals surface area contributed by atoms with Crippen LogP contribution in [0.2, 0.25) is 5.02 Å². The minimum Gasteiger partial charge on any atom is -0.383 e. The number of hydrogen-bond donors (Lipinski definition) is 1. The lowest BCUT2D eigenvalue weighted by atomic mass is 10.1. The highest BCUT2D eigenvalue weighted by atomic mass is 35.5. The summed E-state index contributed by atoms with van der Waals surface area (Å²) < 4.78 is 15.0. The maximum absolute atomic E-state index is 13.2. The predicted octanol–water partition coefficient (Wildman–Crippen LogP) is 3.68. The van der Waals surface area contributed by atoms with Crippen molar-refractivity contribution in [2.45, 2.75) is 6.92 Å². The first-order chi connectivity index (χ1) is 9.06. The summed E-state index contributed by atoms with van der Waals surface area (Å²) in [5.41, 5.74) is 9.23. The molecular formula is C14H11ClFN3. The molecule has 0 atom stereocenters. The molecule has 0 radical (unpaired) electrons. The van der Waals surface area contributed by atoms with Crippen LogP contribution >= 0.6 is 11.6 Å². The lowest BCUT2D eigenvalue weighted by Gasteiger charge is -2.01. The van der Waals surface area contributed by atoms with Gasteiger partial charge >= 0.3 is 0 Å². The number of pyridine rings is 1. The second-order valence-corrected chi connectivity index (χ2v) is 4.82. The fourth-order valence-electron chi connectivity index (χ4n) is 2.02. The third-order valence-electron chi connectivity index (χ3n) is 3.00. The maximum Gasteiger partial charge on any atom is 0.141 e. The average molecular weight is 276 g/mol. The summed E-state index contributed by atoms with van der Waals surface area (Å²) in [4.78, 5) is 4.45. The Morgan fingerprint density at radius 1 is 1.26 bits per heavy atom. The fourth-order valence-corrected chi connectivity index (χ4v) is 2.21. The van der Waals surface area contributed by atoms with Gasteiger partial charge in [0.2, 0.25) is 0 Å². The van der Waals surface area contributed by atoms with E-state index in [0.717, 1.165) is 11.2 Å². The van der Waals surface area contributed by atoms with Crippen LogP contribution in [0, 0.1) is 12.7 Å². The minimum atomic E-state index is -0.455. The minimum absolute atomic E-state index is 0.0603. The van der Waals surface area contributed by atoms with E-state index < -0.39 is 5.82 Å². The second kappa shape index (κ2) is 4.24. The van der Waals surface area contributed by atoms with Crippen molar-refractivity contribution in [2.75, 3.05) is 5.73 Å². The van der Waals surface area contributed by atoms with Gasteiger partial charge in [0, 0.05) is 11.8 Å². The van der Waals surface area contributed by atoms with E-state index >= 15 is 0 Å². The SMILES string of the molecule is Cc1ccc2nc(-c3ccc(F)c(Cl)c3)c(N)n2c1. The third kappa shape index (κ3) is 1.94. The molecule has 0 spiro atoms. The van der Waals surface area contributed by atoms with Crippen LogP contribution in [0.1, 0.15) is 5.56 Å². The van der Waals surface area contributed by atoms with Crippen molar-refractivity contribution in [3.05, 3.63) is 52.9 Å². The Labute approximate surface area is 114 Å². The van der Waals surface area contributed by atoms with Crippen LogP contribution in [0.4, 0.5) is 10.2 Å². The van der Waals surface area contributed by atoms with Crippen LogP contribution in [0.5, 0.6) is 0 Å². The van der Waals surface area contributed by atoms with Gasteiger partial charge in [0.25, 0.3) is 0 Å². The molecule has 0 saturated carbocycles. The average Bonchev–Trinajstić information content (AvgIpc) is 2.70. The Balaban J connectivity index is 2.24. The molecule has 3 aromatic rings. The molecule has 2 N–H and O–H groups in total. The van der Waals surface area contributed by atoms with Gasteiger partial charge in [-0.25, -0.2) is 9.37 Å². The molecule has 0 aliphatic rings. The van der Waals surface area contributed by atoms with E-state index in [0.29, 0.717) is 17.1 Å². The Morgan fingerprint density at radius 2 is 2.05 bits per heavy atom. The summed E-state index contributed by atoms with van der Waals surface area (Å²) in [6.45, 7) is 1.98. The van der Waals surface area contributed by atoms with Crippen LogP contribution in [-0.4, -0.2) is 9.38 Å². The monoisotopic (exact) mass is 275 g/mol. The number of nitrogens with zero attached hydrogens (tertiary/aromatic N) is 2. The largest absolute Gasteiger partial charge is 0.383 e. The molecule has 0 fully saturated rings. The standard InChI is InChI=1S/C14H11ClFN3/c1-8-2-5-12-18-13(14(17)19(12)7-8)9-3-4-11(16)10(15)6-9/h2-7H,17H2,1H3. The normalized spacial score (nSPS) is 11.1. The summed E-state index contributed by atoms with van der Waals surface area (Å²) >= 11 is 5.79. The Kier molecular flexibility index (Phi) is 2.68. The molecule has 2 aromatic heterocycles. The highest BCUT2D eigenvalue weighted by Crippen LogP contribution is 2.29. The van der Waals surface area contributed by atoms with E-state index in [1.807, 2.05) is 29.7 Å². The van der Waals surface area contributed by atoms with Gasteiger partial charge in [-0.05, 0) is 36.8 Å². The number of fused-ring (bicyclic) bond motifs is 1. The van der Waals surface area contributed by atoms with E-state index in [1.165, 1.54) is 12.1 Å². The summed E-state index contributed by atoms with van der Waals surface area (Å²) in [5, 5.41) is 0.0603.